The summed E-state index contributed by atoms with van der Waals surface area (Å²) >= 11 is 0. The van der Waals surface area contributed by atoms with Crippen molar-refractivity contribution >= 4 is 11.7 Å². The van der Waals surface area contributed by atoms with E-state index in [0.29, 0.717) is 6.42 Å². The van der Waals surface area contributed by atoms with Crippen molar-refractivity contribution in [2.45, 2.75) is 43.2 Å². The first kappa shape index (κ1) is 9.51. The first-order chi connectivity index (χ1) is 8.26. The zero-order chi connectivity index (χ0) is 11.5. The van der Waals surface area contributed by atoms with Gasteiger partial charge in [-0.25, -0.2) is 0 Å². The highest BCUT2D eigenvalue weighted by molar-refractivity contribution is 5.81. The Hall–Kier alpha value is -1.51. The Kier molecular flexibility index (Phi) is 1.59. The zero-order valence-corrected chi connectivity index (χ0v) is 9.66. The van der Waals surface area contributed by atoms with Crippen molar-refractivity contribution in [2.24, 2.45) is 0 Å². The molecule has 1 N–H and O–H groups in total. The minimum Gasteiger partial charge on any atom is -0.438 e. The Bertz CT molecular complexity index is 513. The molecular weight excluding hydrogens is 214 g/mol. The predicted octanol–water partition coefficient (Wildman–Crippen LogP) is 2.57. The molecule has 3 heteroatoms. The summed E-state index contributed by atoms with van der Waals surface area (Å²) in [6.45, 7) is 0. The topological polar surface area (TPSA) is 38.3 Å². The maximum absolute atomic E-state index is 11.8. The number of carbonyl (C=O) groups excluding carboxylic acids is 1. The van der Waals surface area contributed by atoms with Gasteiger partial charge in [0.15, 0.2) is 5.72 Å². The molecule has 2 atom stereocenters. The molecule has 3 nitrogen and oxygen atoms in total. The van der Waals surface area contributed by atoms with Crippen molar-refractivity contribution in [1.29, 1.82) is 0 Å². The molecular formula is C14H15NO2. The number of hydrogen-bond acceptors (Lipinski definition) is 3. The summed E-state index contributed by atoms with van der Waals surface area (Å²) in [5.41, 5.74) is 1.90. The van der Waals surface area contributed by atoms with Crippen LogP contribution in [-0.2, 0) is 14.9 Å². The van der Waals surface area contributed by atoms with Crippen LogP contribution in [0.15, 0.2) is 24.3 Å². The second kappa shape index (κ2) is 2.84. The number of hydrogen-bond donors (Lipinski definition) is 1. The van der Waals surface area contributed by atoms with Crippen LogP contribution in [0.25, 0.3) is 0 Å². The normalized spacial score (nSPS) is 37.8. The molecule has 0 amide bonds. The Morgan fingerprint density at radius 2 is 2.00 bits per heavy atom. The first-order valence-electron chi connectivity index (χ1n) is 6.35. The number of ether oxygens (including phenoxy) is 1. The van der Waals surface area contributed by atoms with Gasteiger partial charge in [-0.2, -0.15) is 0 Å². The van der Waals surface area contributed by atoms with Crippen LogP contribution in [-0.4, -0.2) is 11.7 Å². The average molecular weight is 229 g/mol. The maximum Gasteiger partial charge on any atom is 0.309 e. The molecule has 1 aromatic rings. The lowest BCUT2D eigenvalue weighted by Gasteiger charge is -2.41. The quantitative estimate of drug-likeness (QED) is 0.695. The van der Waals surface area contributed by atoms with Crippen molar-refractivity contribution in [1.82, 2.24) is 0 Å². The van der Waals surface area contributed by atoms with Crippen LogP contribution < -0.4 is 5.32 Å². The number of benzene rings is 1. The molecule has 1 aromatic carbocycles. The lowest BCUT2D eigenvalue weighted by Crippen LogP contribution is -2.51. The third kappa shape index (κ3) is 0.961. The molecule has 1 aliphatic carbocycles. The van der Waals surface area contributed by atoms with Crippen LogP contribution >= 0.6 is 0 Å². The molecule has 1 saturated heterocycles. The number of carbonyl (C=O) groups is 1. The molecule has 2 heterocycles. The van der Waals surface area contributed by atoms with Gasteiger partial charge in [0.25, 0.3) is 0 Å². The van der Waals surface area contributed by atoms with E-state index in [0.717, 1.165) is 24.9 Å². The van der Waals surface area contributed by atoms with E-state index in [2.05, 4.69) is 23.5 Å². The molecule has 2 aliphatic heterocycles. The standard InChI is InChI=1S/C14H15NO2/c16-12-9-13-7-3-4-8-14(13,17-12)15-11-6-2-1-5-10(11)13/h1-2,5-6,15H,3-4,7-9H2/t13-,14-/m0/s1. The van der Waals surface area contributed by atoms with Gasteiger partial charge in [-0.1, -0.05) is 24.6 Å². The Morgan fingerprint density at radius 3 is 2.94 bits per heavy atom. The van der Waals surface area contributed by atoms with Crippen molar-refractivity contribution in [3.05, 3.63) is 29.8 Å². The second-order valence-corrected chi connectivity index (χ2v) is 5.44. The van der Waals surface area contributed by atoms with E-state index in [1.807, 2.05) is 6.07 Å². The molecule has 0 aromatic heterocycles. The molecule has 3 aliphatic rings. The lowest BCUT2D eigenvalue weighted by atomic mass is 9.65. The van der Waals surface area contributed by atoms with Crippen molar-refractivity contribution in [3.8, 4) is 0 Å². The Morgan fingerprint density at radius 1 is 1.18 bits per heavy atom. The number of rotatable bonds is 0. The van der Waals surface area contributed by atoms with Gasteiger partial charge in [0.2, 0.25) is 0 Å². The van der Waals surface area contributed by atoms with E-state index in [1.165, 1.54) is 12.0 Å². The van der Waals surface area contributed by atoms with Gasteiger partial charge >= 0.3 is 5.97 Å². The molecule has 4 rings (SSSR count). The highest BCUT2D eigenvalue weighted by Crippen LogP contribution is 2.60. The minimum atomic E-state index is -0.438. The van der Waals surface area contributed by atoms with Gasteiger partial charge < -0.3 is 10.1 Å². The number of fused-ring (bicyclic) bond motifs is 1. The number of anilines is 1. The fraction of sp³-hybridized carbons (Fsp3) is 0.500. The fourth-order valence-electron chi connectivity index (χ4n) is 3.98. The maximum atomic E-state index is 11.8. The largest absolute Gasteiger partial charge is 0.438 e. The molecule has 88 valence electrons. The number of esters is 1. The van der Waals surface area contributed by atoms with E-state index in [4.69, 9.17) is 4.74 Å². The van der Waals surface area contributed by atoms with Crippen LogP contribution in [0, 0.1) is 0 Å². The Balaban J connectivity index is 1.96. The Labute approximate surface area is 100 Å². The average Bonchev–Trinajstić information content (AvgIpc) is 2.75. The van der Waals surface area contributed by atoms with E-state index in [-0.39, 0.29) is 11.4 Å². The second-order valence-electron chi connectivity index (χ2n) is 5.44. The molecule has 0 unspecified atom stereocenters. The number of nitrogens with one attached hydrogen (secondary N) is 1. The monoisotopic (exact) mass is 229 g/mol. The van der Waals surface area contributed by atoms with Crippen LogP contribution in [0.5, 0.6) is 0 Å². The van der Waals surface area contributed by atoms with Crippen molar-refractivity contribution in [2.75, 3.05) is 5.32 Å². The van der Waals surface area contributed by atoms with Crippen LogP contribution in [0.4, 0.5) is 5.69 Å². The summed E-state index contributed by atoms with van der Waals surface area (Å²) in [7, 11) is 0. The highest BCUT2D eigenvalue weighted by atomic mass is 16.6. The van der Waals surface area contributed by atoms with Gasteiger partial charge in [-0.3, -0.25) is 4.79 Å². The van der Waals surface area contributed by atoms with Crippen molar-refractivity contribution in [3.63, 3.8) is 0 Å². The van der Waals surface area contributed by atoms with Crippen LogP contribution in [0.3, 0.4) is 0 Å². The summed E-state index contributed by atoms with van der Waals surface area (Å²) in [5, 5.41) is 3.49. The van der Waals surface area contributed by atoms with Gasteiger partial charge in [0.1, 0.15) is 0 Å². The molecule has 17 heavy (non-hydrogen) atoms. The summed E-state index contributed by atoms with van der Waals surface area (Å²) in [4.78, 5) is 11.8. The number of para-hydroxylation sites is 1. The van der Waals surface area contributed by atoms with E-state index >= 15 is 0 Å². The smallest absolute Gasteiger partial charge is 0.309 e. The van der Waals surface area contributed by atoms with Gasteiger partial charge in [0, 0.05) is 12.1 Å². The van der Waals surface area contributed by atoms with E-state index in [1.54, 1.807) is 0 Å². The van der Waals surface area contributed by atoms with E-state index < -0.39 is 5.72 Å². The summed E-state index contributed by atoms with van der Waals surface area (Å²) in [6.07, 6.45) is 4.86. The molecule has 0 spiro atoms. The molecule has 1 saturated carbocycles. The van der Waals surface area contributed by atoms with E-state index in [9.17, 15) is 4.79 Å². The predicted molar refractivity (Wildman–Crippen MR) is 63.7 cm³/mol. The minimum absolute atomic E-state index is 0.0473. The van der Waals surface area contributed by atoms with Crippen molar-refractivity contribution < 1.29 is 9.53 Å². The third-order valence-electron chi connectivity index (χ3n) is 4.67. The summed E-state index contributed by atoms with van der Waals surface area (Å²) in [6, 6.07) is 8.34. The third-order valence-corrected chi connectivity index (χ3v) is 4.67. The van der Waals surface area contributed by atoms with Crippen LogP contribution in [0.2, 0.25) is 0 Å². The zero-order valence-electron chi connectivity index (χ0n) is 9.66. The fourth-order valence-corrected chi connectivity index (χ4v) is 3.98. The lowest BCUT2D eigenvalue weighted by molar-refractivity contribution is -0.148. The van der Waals surface area contributed by atoms with Gasteiger partial charge in [-0.05, 0) is 24.5 Å². The van der Waals surface area contributed by atoms with Gasteiger partial charge in [0.05, 0.1) is 11.8 Å². The van der Waals surface area contributed by atoms with Crippen LogP contribution in [0.1, 0.15) is 37.7 Å². The molecule has 0 bridgehead atoms. The molecule has 2 fully saturated rings. The highest BCUT2D eigenvalue weighted by Gasteiger charge is 2.66. The summed E-state index contributed by atoms with van der Waals surface area (Å²) in [5.74, 6) is -0.0473. The molecule has 0 radical (unpaired) electrons. The summed E-state index contributed by atoms with van der Waals surface area (Å²) < 4.78 is 5.70. The van der Waals surface area contributed by atoms with Gasteiger partial charge in [-0.15, -0.1) is 0 Å². The first-order valence-corrected chi connectivity index (χ1v) is 6.35. The SMILES string of the molecule is O=C1C[C@]23CCCC[C@]2(Nc2ccccc23)O1.